The largest absolute Gasteiger partial charge is 0.478 e. The van der Waals surface area contributed by atoms with Crippen molar-refractivity contribution in [3.63, 3.8) is 0 Å². The Hall–Kier alpha value is -2.84. The van der Waals surface area contributed by atoms with Crippen molar-refractivity contribution < 1.29 is 27.9 Å². The summed E-state index contributed by atoms with van der Waals surface area (Å²) >= 11 is 0. The SMILES string of the molecule is Cn1cc(-c2cc(C(=O)O)cc3c2CCNC3=O)c(C(F)(F)F)n1. The van der Waals surface area contributed by atoms with E-state index in [0.717, 1.165) is 10.7 Å². The van der Waals surface area contributed by atoms with E-state index in [4.69, 9.17) is 0 Å². The Balaban J connectivity index is 2.33. The van der Waals surface area contributed by atoms with E-state index in [9.17, 15) is 27.9 Å². The second kappa shape index (κ2) is 5.36. The van der Waals surface area contributed by atoms with Gasteiger partial charge in [0, 0.05) is 30.9 Å². The lowest BCUT2D eigenvalue weighted by Gasteiger charge is -2.21. The van der Waals surface area contributed by atoms with Gasteiger partial charge in [-0.2, -0.15) is 18.3 Å². The summed E-state index contributed by atoms with van der Waals surface area (Å²) in [6, 6.07) is 2.34. The minimum atomic E-state index is -4.69. The first-order valence-electron chi connectivity index (χ1n) is 6.98. The predicted octanol–water partition coefficient (Wildman–Crippen LogP) is 2.09. The molecule has 0 bridgehead atoms. The van der Waals surface area contributed by atoms with Crippen LogP contribution < -0.4 is 5.32 Å². The molecule has 9 heteroatoms. The molecule has 0 radical (unpaired) electrons. The second-order valence-corrected chi connectivity index (χ2v) is 5.42. The number of aromatic carboxylic acids is 1. The number of nitrogens with one attached hydrogen (secondary N) is 1. The van der Waals surface area contributed by atoms with Crippen molar-refractivity contribution in [2.75, 3.05) is 6.54 Å². The van der Waals surface area contributed by atoms with Crippen molar-refractivity contribution in [1.29, 1.82) is 0 Å². The predicted molar refractivity (Wildman–Crippen MR) is 76.6 cm³/mol. The molecule has 126 valence electrons. The van der Waals surface area contributed by atoms with Crippen LogP contribution in [-0.2, 0) is 19.6 Å². The van der Waals surface area contributed by atoms with Crippen LogP contribution in [-0.4, -0.2) is 33.3 Å². The van der Waals surface area contributed by atoms with E-state index in [0.29, 0.717) is 12.0 Å². The molecule has 1 aromatic carbocycles. The van der Waals surface area contributed by atoms with Crippen molar-refractivity contribution >= 4 is 11.9 Å². The third-order valence-corrected chi connectivity index (χ3v) is 3.79. The topological polar surface area (TPSA) is 84.2 Å². The molecule has 6 nitrogen and oxygen atoms in total. The van der Waals surface area contributed by atoms with Gasteiger partial charge in [0.05, 0.1) is 5.56 Å². The van der Waals surface area contributed by atoms with Crippen LogP contribution in [0.15, 0.2) is 18.3 Å². The highest BCUT2D eigenvalue weighted by molar-refractivity contribution is 6.02. The zero-order chi connectivity index (χ0) is 17.6. The number of carbonyl (C=O) groups is 2. The average Bonchev–Trinajstić information content (AvgIpc) is 2.88. The summed E-state index contributed by atoms with van der Waals surface area (Å²) in [4.78, 5) is 23.3. The number of amides is 1. The number of rotatable bonds is 2. The molecule has 0 saturated heterocycles. The summed E-state index contributed by atoms with van der Waals surface area (Å²) in [7, 11) is 1.35. The van der Waals surface area contributed by atoms with Crippen molar-refractivity contribution in [3.05, 3.63) is 40.7 Å². The molecular weight excluding hydrogens is 327 g/mol. The average molecular weight is 339 g/mol. The van der Waals surface area contributed by atoms with Gasteiger partial charge in [0.1, 0.15) is 0 Å². The lowest BCUT2D eigenvalue weighted by Crippen LogP contribution is -2.32. The number of hydrogen-bond acceptors (Lipinski definition) is 3. The Morgan fingerprint density at radius 3 is 2.58 bits per heavy atom. The second-order valence-electron chi connectivity index (χ2n) is 5.42. The lowest BCUT2D eigenvalue weighted by atomic mass is 9.89. The highest BCUT2D eigenvalue weighted by atomic mass is 19.4. The molecule has 3 rings (SSSR count). The van der Waals surface area contributed by atoms with Crippen molar-refractivity contribution in [2.45, 2.75) is 12.6 Å². The highest BCUT2D eigenvalue weighted by Gasteiger charge is 2.38. The van der Waals surface area contributed by atoms with E-state index >= 15 is 0 Å². The van der Waals surface area contributed by atoms with Gasteiger partial charge in [-0.25, -0.2) is 4.79 Å². The number of carbonyl (C=O) groups excluding carboxylic acids is 1. The van der Waals surface area contributed by atoms with E-state index < -0.39 is 23.7 Å². The number of carboxylic acid groups (broad SMARTS) is 1. The van der Waals surface area contributed by atoms with E-state index in [2.05, 4.69) is 10.4 Å². The molecule has 0 atom stereocenters. The Labute approximate surface area is 133 Å². The van der Waals surface area contributed by atoms with Crippen LogP contribution in [0.25, 0.3) is 11.1 Å². The molecule has 0 unspecified atom stereocenters. The Bertz CT molecular complexity index is 856. The van der Waals surface area contributed by atoms with Gasteiger partial charge in [-0.1, -0.05) is 0 Å². The molecule has 0 spiro atoms. The first kappa shape index (κ1) is 16.0. The number of alkyl halides is 3. The fourth-order valence-electron chi connectivity index (χ4n) is 2.80. The Morgan fingerprint density at radius 2 is 1.96 bits per heavy atom. The maximum atomic E-state index is 13.2. The summed E-state index contributed by atoms with van der Waals surface area (Å²) < 4.78 is 40.7. The van der Waals surface area contributed by atoms with E-state index in [1.54, 1.807) is 0 Å². The fourth-order valence-corrected chi connectivity index (χ4v) is 2.80. The normalized spacial score (nSPS) is 14.2. The molecule has 0 saturated carbocycles. The Kier molecular flexibility index (Phi) is 3.58. The van der Waals surface area contributed by atoms with E-state index in [-0.39, 0.29) is 28.8 Å². The van der Waals surface area contributed by atoms with Gasteiger partial charge in [-0.15, -0.1) is 0 Å². The van der Waals surface area contributed by atoms with E-state index in [1.165, 1.54) is 19.3 Å². The maximum Gasteiger partial charge on any atom is 0.435 e. The van der Waals surface area contributed by atoms with Crippen LogP contribution in [0, 0.1) is 0 Å². The monoisotopic (exact) mass is 339 g/mol. The number of carboxylic acids is 1. The summed E-state index contributed by atoms with van der Waals surface area (Å²) in [6.45, 7) is 0.271. The van der Waals surface area contributed by atoms with Gasteiger partial charge < -0.3 is 10.4 Å². The fraction of sp³-hybridized carbons (Fsp3) is 0.267. The van der Waals surface area contributed by atoms with Gasteiger partial charge in [0.15, 0.2) is 5.69 Å². The van der Waals surface area contributed by atoms with Crippen LogP contribution in [0.4, 0.5) is 13.2 Å². The molecule has 2 N–H and O–H groups in total. The third kappa shape index (κ3) is 2.61. The molecule has 2 aromatic rings. The van der Waals surface area contributed by atoms with Gasteiger partial charge in [-0.3, -0.25) is 9.48 Å². The molecule has 24 heavy (non-hydrogen) atoms. The minimum Gasteiger partial charge on any atom is -0.478 e. The number of benzene rings is 1. The van der Waals surface area contributed by atoms with Crippen molar-refractivity contribution in [1.82, 2.24) is 15.1 Å². The summed E-state index contributed by atoms with van der Waals surface area (Å²) in [5, 5.41) is 15.2. The number of fused-ring (bicyclic) bond motifs is 1. The molecule has 2 heterocycles. The van der Waals surface area contributed by atoms with Crippen LogP contribution >= 0.6 is 0 Å². The van der Waals surface area contributed by atoms with Gasteiger partial charge in [-0.05, 0) is 29.7 Å². The number of nitrogens with zero attached hydrogens (tertiary/aromatic N) is 2. The molecule has 1 aliphatic heterocycles. The summed E-state index contributed by atoms with van der Waals surface area (Å²) in [5.41, 5.74) is -1.06. The van der Waals surface area contributed by atoms with Crippen molar-refractivity contribution in [3.8, 4) is 11.1 Å². The number of hydrogen-bond donors (Lipinski definition) is 2. The van der Waals surface area contributed by atoms with Crippen molar-refractivity contribution in [2.24, 2.45) is 7.05 Å². The zero-order valence-corrected chi connectivity index (χ0v) is 12.4. The number of aromatic nitrogens is 2. The molecule has 0 fully saturated rings. The summed E-state index contributed by atoms with van der Waals surface area (Å²) in [5.74, 6) is -1.83. The smallest absolute Gasteiger partial charge is 0.435 e. The lowest BCUT2D eigenvalue weighted by molar-refractivity contribution is -0.140. The molecule has 1 amide bonds. The van der Waals surface area contributed by atoms with E-state index in [1.807, 2.05) is 0 Å². The molecule has 1 aromatic heterocycles. The van der Waals surface area contributed by atoms with Gasteiger partial charge in [0.2, 0.25) is 0 Å². The Morgan fingerprint density at radius 1 is 1.29 bits per heavy atom. The molecular formula is C15H12F3N3O3. The first-order chi connectivity index (χ1) is 11.2. The highest BCUT2D eigenvalue weighted by Crippen LogP contribution is 2.39. The third-order valence-electron chi connectivity index (χ3n) is 3.79. The maximum absolute atomic E-state index is 13.2. The zero-order valence-electron chi connectivity index (χ0n) is 12.4. The standard InChI is InChI=1S/C15H12F3N3O3/c1-21-6-11(12(20-21)15(16,17)18)9-4-7(14(23)24)5-10-8(9)2-3-19-13(10)22/h4-6H,2-3H2,1H3,(H,19,22)(H,23,24). The number of aryl methyl sites for hydroxylation is 1. The first-order valence-corrected chi connectivity index (χ1v) is 6.98. The quantitative estimate of drug-likeness (QED) is 0.877. The van der Waals surface area contributed by atoms with Crippen LogP contribution in [0.2, 0.25) is 0 Å². The molecule has 0 aliphatic carbocycles. The van der Waals surface area contributed by atoms with Crippen LogP contribution in [0.5, 0.6) is 0 Å². The van der Waals surface area contributed by atoms with Gasteiger partial charge >= 0.3 is 12.1 Å². The van der Waals surface area contributed by atoms with Crippen LogP contribution in [0.3, 0.4) is 0 Å². The minimum absolute atomic E-state index is 0.0696. The number of halogens is 3. The van der Waals surface area contributed by atoms with Gasteiger partial charge in [0.25, 0.3) is 5.91 Å². The summed E-state index contributed by atoms with van der Waals surface area (Å²) in [6.07, 6.45) is -3.21. The van der Waals surface area contributed by atoms with Crippen LogP contribution in [0.1, 0.15) is 32.0 Å². The molecule has 1 aliphatic rings.